The minimum absolute atomic E-state index is 0.0307. The van der Waals surface area contributed by atoms with Crippen molar-refractivity contribution in [2.75, 3.05) is 11.1 Å². The van der Waals surface area contributed by atoms with Gasteiger partial charge in [-0.3, -0.25) is 9.59 Å². The van der Waals surface area contributed by atoms with Gasteiger partial charge in [-0.05, 0) is 47.2 Å². The second-order valence-electron chi connectivity index (χ2n) is 6.53. The fourth-order valence-electron chi connectivity index (χ4n) is 2.68. The number of tetrazole rings is 1. The summed E-state index contributed by atoms with van der Waals surface area (Å²) < 4.78 is 1.48. The molecule has 11 nitrogen and oxygen atoms in total. The number of primary amides is 1. The van der Waals surface area contributed by atoms with Gasteiger partial charge in [-0.1, -0.05) is 47.6 Å². The number of carbonyl (C=O) groups excluding carboxylic acids is 2. The van der Waals surface area contributed by atoms with Crippen LogP contribution in [0.15, 0.2) is 53.7 Å². The smallest absolute Gasteiger partial charge is 0.273 e. The fourth-order valence-corrected chi connectivity index (χ4v) is 3.54. The van der Waals surface area contributed by atoms with Crippen molar-refractivity contribution < 1.29 is 9.59 Å². The summed E-state index contributed by atoms with van der Waals surface area (Å²) in [4.78, 5) is 25.5. The first-order valence-corrected chi connectivity index (χ1v) is 10.6. The monoisotopic (exact) mass is 469 g/mol. The van der Waals surface area contributed by atoms with Crippen molar-refractivity contribution in [2.45, 2.75) is 12.1 Å². The Morgan fingerprint density at radius 2 is 1.91 bits per heavy atom. The van der Waals surface area contributed by atoms with Gasteiger partial charge < -0.3 is 11.1 Å². The third kappa shape index (κ3) is 4.60. The van der Waals surface area contributed by atoms with Gasteiger partial charge >= 0.3 is 0 Å². The minimum atomic E-state index is -0.810. The molecule has 4 aromatic rings. The van der Waals surface area contributed by atoms with Crippen LogP contribution in [0, 0.1) is 6.92 Å². The molecular formula is C19H16ClN9O2S. The highest BCUT2D eigenvalue weighted by Crippen LogP contribution is 2.23. The van der Waals surface area contributed by atoms with Gasteiger partial charge in [-0.15, -0.1) is 20.1 Å². The van der Waals surface area contributed by atoms with E-state index in [1.807, 2.05) is 25.1 Å². The maximum absolute atomic E-state index is 12.5. The van der Waals surface area contributed by atoms with Gasteiger partial charge in [0.15, 0.2) is 11.5 Å². The topological polar surface area (TPSA) is 146 Å². The predicted octanol–water partition coefficient (Wildman–Crippen LogP) is 2.03. The molecular weight excluding hydrogens is 454 g/mol. The lowest BCUT2D eigenvalue weighted by Gasteiger charge is -2.06. The van der Waals surface area contributed by atoms with Crippen molar-refractivity contribution in [3.05, 3.63) is 64.8 Å². The van der Waals surface area contributed by atoms with Crippen LogP contribution >= 0.6 is 23.4 Å². The predicted molar refractivity (Wildman–Crippen MR) is 118 cm³/mol. The molecule has 2 amide bonds. The van der Waals surface area contributed by atoms with Gasteiger partial charge in [0.25, 0.3) is 5.91 Å². The highest BCUT2D eigenvalue weighted by Gasteiger charge is 2.20. The summed E-state index contributed by atoms with van der Waals surface area (Å²) in [6, 6.07) is 14.3. The van der Waals surface area contributed by atoms with Gasteiger partial charge in [0.05, 0.1) is 17.1 Å². The van der Waals surface area contributed by atoms with Crippen LogP contribution in [0.25, 0.3) is 11.4 Å². The molecule has 32 heavy (non-hydrogen) atoms. The largest absolute Gasteiger partial charge is 0.364 e. The summed E-state index contributed by atoms with van der Waals surface area (Å²) in [5.41, 5.74) is 7.44. The number of carbonyl (C=O) groups is 2. The number of para-hydroxylation sites is 1. The fraction of sp³-hybridized carbons (Fsp3) is 0.105. The van der Waals surface area contributed by atoms with Gasteiger partial charge in [-0.2, -0.15) is 4.68 Å². The van der Waals surface area contributed by atoms with E-state index in [1.165, 1.54) is 9.48 Å². The molecule has 0 aliphatic heterocycles. The van der Waals surface area contributed by atoms with E-state index >= 15 is 0 Å². The first kappa shape index (κ1) is 21.5. The van der Waals surface area contributed by atoms with Crippen LogP contribution in [0.2, 0.25) is 5.02 Å². The van der Waals surface area contributed by atoms with Gasteiger partial charge in [0.2, 0.25) is 11.1 Å². The van der Waals surface area contributed by atoms with Gasteiger partial charge in [-0.25, -0.2) is 0 Å². The Kier molecular flexibility index (Phi) is 6.14. The van der Waals surface area contributed by atoms with Gasteiger partial charge in [0, 0.05) is 5.02 Å². The number of amides is 2. The molecule has 2 aromatic carbocycles. The second kappa shape index (κ2) is 9.16. The maximum atomic E-state index is 12.5. The Hall–Kier alpha value is -3.77. The van der Waals surface area contributed by atoms with E-state index in [2.05, 4.69) is 31.0 Å². The lowest BCUT2D eigenvalue weighted by molar-refractivity contribution is -0.113. The molecule has 13 heteroatoms. The number of benzene rings is 2. The maximum Gasteiger partial charge on any atom is 0.273 e. The Morgan fingerprint density at radius 3 is 2.62 bits per heavy atom. The molecule has 2 heterocycles. The van der Waals surface area contributed by atoms with Crippen LogP contribution in [0.4, 0.5) is 5.82 Å². The summed E-state index contributed by atoms with van der Waals surface area (Å²) in [6.45, 7) is 1.89. The zero-order valence-corrected chi connectivity index (χ0v) is 18.2. The highest BCUT2D eigenvalue weighted by atomic mass is 35.5. The summed E-state index contributed by atoms with van der Waals surface area (Å²) in [5.74, 6) is -1.32. The lowest BCUT2D eigenvalue weighted by Crippen LogP contribution is -2.19. The molecule has 0 spiro atoms. The number of nitrogens with zero attached hydrogens (tertiary/aromatic N) is 7. The molecule has 2 aromatic heterocycles. The minimum Gasteiger partial charge on any atom is -0.364 e. The van der Waals surface area contributed by atoms with E-state index in [9.17, 15) is 9.59 Å². The third-order valence-electron chi connectivity index (χ3n) is 4.27. The molecule has 0 aliphatic rings. The van der Waals surface area contributed by atoms with Crippen molar-refractivity contribution in [2.24, 2.45) is 5.73 Å². The lowest BCUT2D eigenvalue weighted by atomic mass is 10.2. The van der Waals surface area contributed by atoms with Crippen LogP contribution in [-0.4, -0.2) is 52.8 Å². The van der Waals surface area contributed by atoms with Crippen LogP contribution in [-0.2, 0) is 4.79 Å². The molecule has 4 rings (SSSR count). The van der Waals surface area contributed by atoms with E-state index < -0.39 is 11.8 Å². The number of halogens is 1. The Labute approximate surface area is 190 Å². The first-order valence-electron chi connectivity index (χ1n) is 9.22. The number of thioether (sulfide) groups is 1. The van der Waals surface area contributed by atoms with Crippen molar-refractivity contribution in [1.29, 1.82) is 0 Å². The Balaban J connectivity index is 1.47. The molecule has 0 saturated heterocycles. The van der Waals surface area contributed by atoms with Gasteiger partial charge in [0.1, 0.15) is 0 Å². The molecule has 0 saturated carbocycles. The van der Waals surface area contributed by atoms with Crippen molar-refractivity contribution in [3.63, 3.8) is 0 Å². The van der Waals surface area contributed by atoms with Crippen molar-refractivity contribution in [1.82, 2.24) is 35.2 Å². The normalized spacial score (nSPS) is 10.8. The standard InChI is InChI=1S/C19H16ClN9O2S/c1-11-7-8-13(9-14(11)20)28-19(23-26-27-28)32-10-15(30)22-18-16(17(21)31)24-29(25-18)12-5-3-2-4-6-12/h2-9H,10H2,1H3,(H2,21,31)(H,22,25,30). The van der Waals surface area contributed by atoms with Crippen LogP contribution in [0.1, 0.15) is 16.1 Å². The number of rotatable bonds is 7. The number of anilines is 1. The average Bonchev–Trinajstić information content (AvgIpc) is 3.42. The molecule has 0 aliphatic carbocycles. The van der Waals surface area contributed by atoms with Crippen molar-refractivity contribution >= 4 is 41.0 Å². The first-order chi connectivity index (χ1) is 15.4. The third-order valence-corrected chi connectivity index (χ3v) is 5.59. The molecule has 0 atom stereocenters. The summed E-state index contributed by atoms with van der Waals surface area (Å²) in [7, 11) is 0. The second-order valence-corrected chi connectivity index (χ2v) is 7.88. The summed E-state index contributed by atoms with van der Waals surface area (Å²) >= 11 is 7.29. The molecule has 0 radical (unpaired) electrons. The number of hydrogen-bond donors (Lipinski definition) is 2. The van der Waals surface area contributed by atoms with E-state index in [-0.39, 0.29) is 17.3 Å². The molecule has 0 unspecified atom stereocenters. The quantitative estimate of drug-likeness (QED) is 0.391. The highest BCUT2D eigenvalue weighted by molar-refractivity contribution is 7.99. The van der Waals surface area contributed by atoms with Crippen LogP contribution < -0.4 is 11.1 Å². The number of nitrogens with one attached hydrogen (secondary N) is 1. The zero-order valence-electron chi connectivity index (χ0n) is 16.6. The van der Waals surface area contributed by atoms with Crippen LogP contribution in [0.3, 0.4) is 0 Å². The average molecular weight is 470 g/mol. The van der Waals surface area contributed by atoms with E-state index in [0.29, 0.717) is 21.6 Å². The summed E-state index contributed by atoms with van der Waals surface area (Å²) in [5, 5.41) is 23.3. The van der Waals surface area contributed by atoms with Crippen molar-refractivity contribution in [3.8, 4) is 11.4 Å². The molecule has 3 N–H and O–H groups in total. The van der Waals surface area contributed by atoms with E-state index in [4.69, 9.17) is 17.3 Å². The number of nitrogens with two attached hydrogens (primary N) is 1. The number of aromatic nitrogens is 7. The van der Waals surface area contributed by atoms with E-state index in [1.54, 1.807) is 30.3 Å². The molecule has 0 fully saturated rings. The van der Waals surface area contributed by atoms with E-state index in [0.717, 1.165) is 17.3 Å². The summed E-state index contributed by atoms with van der Waals surface area (Å²) in [6.07, 6.45) is 0. The molecule has 162 valence electrons. The SMILES string of the molecule is Cc1ccc(-n2nnnc2SCC(=O)Nc2nn(-c3ccccc3)nc2C(N)=O)cc1Cl. The number of aryl methyl sites for hydroxylation is 1. The Morgan fingerprint density at radius 1 is 1.12 bits per heavy atom. The van der Waals surface area contributed by atoms with Crippen LogP contribution in [0.5, 0.6) is 0 Å². The zero-order chi connectivity index (χ0) is 22.7. The Bertz CT molecular complexity index is 1290. The number of hydrogen-bond acceptors (Lipinski definition) is 8. The molecule has 0 bridgehead atoms.